The Bertz CT molecular complexity index is 922. The van der Waals surface area contributed by atoms with Gasteiger partial charge in [0, 0.05) is 37.5 Å². The minimum atomic E-state index is -0.797. The molecule has 1 aromatic rings. The van der Waals surface area contributed by atoms with E-state index in [1.54, 1.807) is 31.3 Å². The lowest BCUT2D eigenvalue weighted by Gasteiger charge is -2.25. The third kappa shape index (κ3) is 5.17. The second-order valence-electron chi connectivity index (χ2n) is 7.46. The Hall–Kier alpha value is -3.49. The molecule has 166 valence electrons. The fourth-order valence-corrected chi connectivity index (χ4v) is 2.99. The fraction of sp³-hybridized carbons (Fsp3) is 0.409. The lowest BCUT2D eigenvalue weighted by Crippen LogP contribution is -2.41. The highest BCUT2D eigenvalue weighted by atomic mass is 16.7. The van der Waals surface area contributed by atoms with Crippen molar-refractivity contribution >= 4 is 17.8 Å². The van der Waals surface area contributed by atoms with Crippen molar-refractivity contribution in [2.75, 3.05) is 20.6 Å². The summed E-state index contributed by atoms with van der Waals surface area (Å²) in [6.45, 7) is 5.14. The Morgan fingerprint density at radius 3 is 2.61 bits per heavy atom. The summed E-state index contributed by atoms with van der Waals surface area (Å²) < 4.78 is 20.6. The molecule has 0 fully saturated rings. The van der Waals surface area contributed by atoms with Crippen molar-refractivity contribution in [3.05, 3.63) is 47.8 Å². The molecule has 0 radical (unpaired) electrons. The third-order valence-corrected chi connectivity index (χ3v) is 5.06. The molecule has 0 spiro atoms. The molecule has 1 aromatic carbocycles. The molecule has 9 heteroatoms. The number of rotatable bonds is 7. The van der Waals surface area contributed by atoms with Gasteiger partial charge in [-0.05, 0) is 39.0 Å². The molecule has 0 aliphatic carbocycles. The van der Waals surface area contributed by atoms with Crippen molar-refractivity contribution in [3.8, 4) is 11.5 Å². The number of hydrogen-bond donors (Lipinski definition) is 0. The maximum atomic E-state index is 12.7. The Kier molecular flexibility index (Phi) is 6.84. The molecule has 0 bridgehead atoms. The van der Waals surface area contributed by atoms with Crippen LogP contribution >= 0.6 is 0 Å². The average Bonchev–Trinajstić information content (AvgIpc) is 3.25. The van der Waals surface area contributed by atoms with Gasteiger partial charge in [-0.15, -0.1) is 0 Å². The van der Waals surface area contributed by atoms with Crippen LogP contribution in [0.15, 0.2) is 42.2 Å². The second kappa shape index (κ2) is 9.55. The number of nitrogens with zero attached hydrogens (tertiary/aromatic N) is 2. The Morgan fingerprint density at radius 1 is 1.13 bits per heavy atom. The van der Waals surface area contributed by atoms with Crippen LogP contribution in [-0.4, -0.2) is 60.4 Å². The van der Waals surface area contributed by atoms with Gasteiger partial charge in [0.2, 0.25) is 13.6 Å². The van der Waals surface area contributed by atoms with Crippen LogP contribution in [0, 0.1) is 0 Å². The molecule has 0 saturated heterocycles. The van der Waals surface area contributed by atoms with E-state index in [9.17, 15) is 14.4 Å². The first-order valence-electron chi connectivity index (χ1n) is 9.93. The summed E-state index contributed by atoms with van der Waals surface area (Å²) in [7, 11) is 1.44. The second-order valence-corrected chi connectivity index (χ2v) is 7.46. The number of esters is 1. The maximum absolute atomic E-state index is 12.7. The van der Waals surface area contributed by atoms with E-state index in [1.165, 1.54) is 7.05 Å². The molecule has 3 rings (SSSR count). The zero-order valence-electron chi connectivity index (χ0n) is 18.0. The fourth-order valence-electron chi connectivity index (χ4n) is 2.99. The molecule has 31 heavy (non-hydrogen) atoms. The zero-order chi connectivity index (χ0) is 22.5. The van der Waals surface area contributed by atoms with Crippen LogP contribution < -0.4 is 9.47 Å². The third-order valence-electron chi connectivity index (χ3n) is 5.06. The van der Waals surface area contributed by atoms with E-state index in [-0.39, 0.29) is 18.6 Å². The van der Waals surface area contributed by atoms with Crippen LogP contribution in [-0.2, 0) is 14.3 Å². The number of likely N-dealkylation sites (N-methyl/N-ethyl adjacent to an activating group) is 1. The Labute approximate surface area is 180 Å². The van der Waals surface area contributed by atoms with Crippen LogP contribution in [0.4, 0.5) is 4.79 Å². The monoisotopic (exact) mass is 430 g/mol. The standard InChI is InChI=1S/C22H26N2O7/c1-14(2)24-9-5-6-17(11-24)21(26)30-13-31-22(27)23(4)15(3)20(25)16-7-8-18-19(10-16)29-12-28-18/h5,7-11,14-15H,6,12-13H2,1-4H3. The number of benzene rings is 1. The Morgan fingerprint density at radius 2 is 1.87 bits per heavy atom. The first-order valence-corrected chi connectivity index (χ1v) is 9.93. The lowest BCUT2D eigenvalue weighted by atomic mass is 10.0. The van der Waals surface area contributed by atoms with Gasteiger partial charge in [0.15, 0.2) is 17.3 Å². The summed E-state index contributed by atoms with van der Waals surface area (Å²) in [6, 6.07) is 4.24. The van der Waals surface area contributed by atoms with Gasteiger partial charge in [-0.1, -0.05) is 6.08 Å². The van der Waals surface area contributed by atoms with Gasteiger partial charge in [-0.3, -0.25) is 4.79 Å². The largest absolute Gasteiger partial charge is 0.454 e. The van der Waals surface area contributed by atoms with Crippen molar-refractivity contribution in [1.29, 1.82) is 0 Å². The number of ketones is 1. The molecule has 0 N–H and O–H groups in total. The molecule has 1 amide bonds. The van der Waals surface area contributed by atoms with Crippen molar-refractivity contribution in [1.82, 2.24) is 9.80 Å². The average molecular weight is 430 g/mol. The van der Waals surface area contributed by atoms with E-state index in [1.807, 2.05) is 31.0 Å². The number of hydrogen-bond acceptors (Lipinski definition) is 8. The minimum absolute atomic E-state index is 0.107. The van der Waals surface area contributed by atoms with Crippen LogP contribution in [0.3, 0.4) is 0 Å². The van der Waals surface area contributed by atoms with Gasteiger partial charge in [0.05, 0.1) is 11.6 Å². The number of allylic oxidation sites excluding steroid dienone is 1. The quantitative estimate of drug-likeness (QED) is 0.370. The van der Waals surface area contributed by atoms with Crippen LogP contribution in [0.25, 0.3) is 0 Å². The lowest BCUT2D eigenvalue weighted by molar-refractivity contribution is -0.147. The first kappa shape index (κ1) is 22.2. The highest BCUT2D eigenvalue weighted by molar-refractivity contribution is 6.01. The summed E-state index contributed by atoms with van der Waals surface area (Å²) in [4.78, 5) is 40.2. The number of carbonyl (C=O) groups is 3. The topological polar surface area (TPSA) is 94.6 Å². The molecule has 1 unspecified atom stereocenters. The summed E-state index contributed by atoms with van der Waals surface area (Å²) in [5.41, 5.74) is 0.849. The van der Waals surface area contributed by atoms with Crippen molar-refractivity contribution < 1.29 is 33.3 Å². The van der Waals surface area contributed by atoms with Gasteiger partial charge in [0.1, 0.15) is 0 Å². The number of Topliss-reactive ketones (excluding diaryl/α,β-unsaturated/α-hetero) is 1. The van der Waals surface area contributed by atoms with E-state index >= 15 is 0 Å². The number of carbonyl (C=O) groups excluding carboxylic acids is 3. The van der Waals surface area contributed by atoms with Crippen molar-refractivity contribution in [3.63, 3.8) is 0 Å². The highest BCUT2D eigenvalue weighted by Crippen LogP contribution is 2.33. The van der Waals surface area contributed by atoms with Crippen molar-refractivity contribution in [2.45, 2.75) is 39.3 Å². The molecule has 2 heterocycles. The highest BCUT2D eigenvalue weighted by Gasteiger charge is 2.26. The van der Waals surface area contributed by atoms with E-state index in [2.05, 4.69) is 0 Å². The molecule has 1 atom stereocenters. The van der Waals surface area contributed by atoms with Crippen molar-refractivity contribution in [2.24, 2.45) is 0 Å². The van der Waals surface area contributed by atoms with E-state index < -0.39 is 24.9 Å². The van der Waals surface area contributed by atoms with Gasteiger partial charge in [0.25, 0.3) is 0 Å². The van der Waals surface area contributed by atoms with Crippen LogP contribution in [0.2, 0.25) is 0 Å². The van der Waals surface area contributed by atoms with Gasteiger partial charge in [-0.25, -0.2) is 9.59 Å². The molecule has 9 nitrogen and oxygen atoms in total. The summed E-state index contributed by atoms with van der Waals surface area (Å²) in [5.74, 6) is 0.203. The molecule has 2 aliphatic heterocycles. The van der Waals surface area contributed by atoms with Crippen LogP contribution in [0.1, 0.15) is 37.6 Å². The Balaban J connectivity index is 1.50. The molecule has 2 aliphatic rings. The molecule has 0 saturated carbocycles. The molecular formula is C22H26N2O7. The zero-order valence-corrected chi connectivity index (χ0v) is 18.0. The van der Waals surface area contributed by atoms with E-state index in [4.69, 9.17) is 18.9 Å². The molecule has 0 aromatic heterocycles. The van der Waals surface area contributed by atoms with Crippen LogP contribution in [0.5, 0.6) is 11.5 Å². The predicted octanol–water partition coefficient (Wildman–Crippen LogP) is 3.07. The number of ether oxygens (including phenoxy) is 4. The normalized spacial score (nSPS) is 15.4. The van der Waals surface area contributed by atoms with E-state index in [0.717, 1.165) is 4.90 Å². The number of fused-ring (bicyclic) bond motifs is 1. The predicted molar refractivity (Wildman–Crippen MR) is 110 cm³/mol. The van der Waals surface area contributed by atoms with Gasteiger partial charge < -0.3 is 28.7 Å². The smallest absolute Gasteiger partial charge is 0.413 e. The SMILES string of the molecule is CC(C)N1C=CCC(C(=O)OCOC(=O)N(C)C(C)C(=O)c2ccc3c(c2)OCO3)=C1. The molecular weight excluding hydrogens is 404 g/mol. The van der Waals surface area contributed by atoms with Gasteiger partial charge in [-0.2, -0.15) is 0 Å². The minimum Gasteiger partial charge on any atom is -0.454 e. The summed E-state index contributed by atoms with van der Waals surface area (Å²) in [5, 5.41) is 0. The maximum Gasteiger partial charge on any atom is 0.413 e. The van der Waals surface area contributed by atoms with E-state index in [0.29, 0.717) is 29.1 Å². The summed E-state index contributed by atoms with van der Waals surface area (Å²) in [6.07, 6.45) is 5.13. The number of amides is 1. The van der Waals surface area contributed by atoms with Gasteiger partial charge >= 0.3 is 12.1 Å². The first-order chi connectivity index (χ1) is 14.8. The summed E-state index contributed by atoms with van der Waals surface area (Å²) >= 11 is 0.